The van der Waals surface area contributed by atoms with Crippen molar-refractivity contribution in [1.82, 2.24) is 6.15 Å². The van der Waals surface area contributed by atoms with Crippen LogP contribution in [0.3, 0.4) is 0 Å². The van der Waals surface area contributed by atoms with Gasteiger partial charge in [0.05, 0.1) is 28.2 Å². The first-order chi connectivity index (χ1) is 2.00. The normalized spacial score (nSPS) is 8.57. The standard InChI is InChI=1S/C4H12N.HI.H3N/c1-5(2,3)4;;/h1-4H3;1H;1H3/q+1;;. The van der Waals surface area contributed by atoms with E-state index in [4.69, 9.17) is 0 Å². The van der Waals surface area contributed by atoms with Crippen LogP contribution in [0.5, 0.6) is 0 Å². The van der Waals surface area contributed by atoms with Crippen LogP contribution in [0.25, 0.3) is 0 Å². The molecule has 0 unspecified atom stereocenters. The van der Waals surface area contributed by atoms with Crippen molar-refractivity contribution in [3.05, 3.63) is 0 Å². The minimum Gasteiger partial charge on any atom is -0.344 e. The zero-order valence-electron chi connectivity index (χ0n) is 5.56. The summed E-state index contributed by atoms with van der Waals surface area (Å²) < 4.78 is 1.00. The Kier molecular flexibility index (Phi) is 10.7. The largest absolute Gasteiger partial charge is 0.344 e. The van der Waals surface area contributed by atoms with E-state index in [9.17, 15) is 0 Å². The van der Waals surface area contributed by atoms with Gasteiger partial charge in [0.2, 0.25) is 0 Å². The lowest BCUT2D eigenvalue weighted by molar-refractivity contribution is -0.849. The highest BCUT2D eigenvalue weighted by molar-refractivity contribution is 14.0. The van der Waals surface area contributed by atoms with E-state index in [0.717, 1.165) is 4.48 Å². The van der Waals surface area contributed by atoms with Crippen molar-refractivity contribution >= 4 is 24.0 Å². The zero-order valence-corrected chi connectivity index (χ0v) is 7.89. The number of quaternary nitrogens is 1. The van der Waals surface area contributed by atoms with Crippen molar-refractivity contribution in [1.29, 1.82) is 0 Å². The predicted octanol–water partition coefficient (Wildman–Crippen LogP) is 1.10. The molecule has 0 aliphatic rings. The van der Waals surface area contributed by atoms with Crippen molar-refractivity contribution < 1.29 is 4.48 Å². The highest BCUT2D eigenvalue weighted by Gasteiger charge is 1.88. The first-order valence-corrected chi connectivity index (χ1v) is 1.79. The molecule has 0 fully saturated rings. The molecule has 0 aromatic rings. The van der Waals surface area contributed by atoms with E-state index < -0.39 is 0 Å². The SMILES string of the molecule is C[N+](C)(C)C.I.N. The molecule has 48 valence electrons. The first kappa shape index (κ1) is 15.6. The molecule has 3 N–H and O–H groups in total. The van der Waals surface area contributed by atoms with E-state index in [1.54, 1.807) is 0 Å². The molecule has 0 aromatic carbocycles. The molecular weight excluding hydrogens is 203 g/mol. The zero-order chi connectivity index (χ0) is 4.50. The molecule has 0 radical (unpaired) electrons. The monoisotopic (exact) mass is 219 g/mol. The fourth-order valence-electron chi connectivity index (χ4n) is 0. The van der Waals surface area contributed by atoms with Crippen LogP contribution in [0.2, 0.25) is 0 Å². The molecule has 0 saturated carbocycles. The summed E-state index contributed by atoms with van der Waals surface area (Å²) in [5.74, 6) is 0. The molecular formula is C4H16IN2+. The van der Waals surface area contributed by atoms with Gasteiger partial charge in [-0.1, -0.05) is 0 Å². The van der Waals surface area contributed by atoms with Gasteiger partial charge < -0.3 is 10.6 Å². The molecule has 7 heavy (non-hydrogen) atoms. The van der Waals surface area contributed by atoms with Gasteiger partial charge in [-0.25, -0.2) is 0 Å². The summed E-state index contributed by atoms with van der Waals surface area (Å²) >= 11 is 0. The van der Waals surface area contributed by atoms with Crippen LogP contribution in [-0.2, 0) is 0 Å². The van der Waals surface area contributed by atoms with Crippen LogP contribution in [0.1, 0.15) is 0 Å². The van der Waals surface area contributed by atoms with Crippen LogP contribution in [0.15, 0.2) is 0 Å². The van der Waals surface area contributed by atoms with Gasteiger partial charge in [0.1, 0.15) is 0 Å². The third-order valence-corrected chi connectivity index (χ3v) is 0. The van der Waals surface area contributed by atoms with Gasteiger partial charge in [-0.15, -0.1) is 24.0 Å². The van der Waals surface area contributed by atoms with E-state index in [1.807, 2.05) is 0 Å². The molecule has 0 spiro atoms. The first-order valence-electron chi connectivity index (χ1n) is 1.79. The minimum atomic E-state index is 0. The molecule has 3 heteroatoms. The van der Waals surface area contributed by atoms with Crippen LogP contribution >= 0.6 is 24.0 Å². The second-order valence-electron chi connectivity index (χ2n) is 2.68. The molecule has 0 bridgehead atoms. The highest BCUT2D eigenvalue weighted by atomic mass is 127. The lowest BCUT2D eigenvalue weighted by atomic mass is 10.8. The predicted molar refractivity (Wildman–Crippen MR) is 44.4 cm³/mol. The van der Waals surface area contributed by atoms with E-state index in [0.29, 0.717) is 0 Å². The third kappa shape index (κ3) is 340. The Hall–Kier alpha value is 0.650. The summed E-state index contributed by atoms with van der Waals surface area (Å²) in [7, 11) is 8.50. The number of halogens is 1. The maximum absolute atomic E-state index is 2.12. The van der Waals surface area contributed by atoms with E-state index in [1.165, 1.54) is 0 Å². The summed E-state index contributed by atoms with van der Waals surface area (Å²) in [5.41, 5.74) is 0. The van der Waals surface area contributed by atoms with E-state index in [-0.39, 0.29) is 30.1 Å². The van der Waals surface area contributed by atoms with Crippen molar-refractivity contribution in [2.45, 2.75) is 0 Å². The Labute approximate surface area is 63.1 Å². The highest BCUT2D eigenvalue weighted by Crippen LogP contribution is 1.73. The number of hydrogen-bond donors (Lipinski definition) is 1. The Morgan fingerprint density at radius 1 is 0.857 bits per heavy atom. The molecule has 0 aliphatic heterocycles. The number of rotatable bonds is 0. The smallest absolute Gasteiger partial charge is 0.0675 e. The molecule has 0 rings (SSSR count). The molecule has 0 atom stereocenters. The van der Waals surface area contributed by atoms with Crippen LogP contribution in [0, 0.1) is 0 Å². The lowest BCUT2D eigenvalue weighted by Gasteiger charge is -2.14. The Morgan fingerprint density at radius 2 is 0.857 bits per heavy atom. The third-order valence-electron chi connectivity index (χ3n) is 0. The maximum atomic E-state index is 2.12. The quantitative estimate of drug-likeness (QED) is 0.480. The maximum Gasteiger partial charge on any atom is 0.0675 e. The average molecular weight is 219 g/mol. The fraction of sp³-hybridized carbons (Fsp3) is 1.00. The van der Waals surface area contributed by atoms with Crippen molar-refractivity contribution in [2.75, 3.05) is 28.2 Å². The van der Waals surface area contributed by atoms with Gasteiger partial charge in [0.25, 0.3) is 0 Å². The van der Waals surface area contributed by atoms with Gasteiger partial charge in [0.15, 0.2) is 0 Å². The van der Waals surface area contributed by atoms with E-state index in [2.05, 4.69) is 28.2 Å². The lowest BCUT2D eigenvalue weighted by Crippen LogP contribution is -2.27. The Bertz CT molecular complexity index is 25.2. The minimum absolute atomic E-state index is 0. The second kappa shape index (κ2) is 4.80. The second-order valence-corrected chi connectivity index (χ2v) is 2.68. The van der Waals surface area contributed by atoms with Crippen molar-refractivity contribution in [3.8, 4) is 0 Å². The molecule has 0 aliphatic carbocycles. The van der Waals surface area contributed by atoms with Crippen LogP contribution in [0.4, 0.5) is 0 Å². The van der Waals surface area contributed by atoms with Gasteiger partial charge in [0, 0.05) is 0 Å². The summed E-state index contributed by atoms with van der Waals surface area (Å²) in [6, 6.07) is 0. The molecule has 0 saturated heterocycles. The van der Waals surface area contributed by atoms with E-state index >= 15 is 0 Å². The topological polar surface area (TPSA) is 35.0 Å². The molecule has 2 nitrogen and oxygen atoms in total. The van der Waals surface area contributed by atoms with Gasteiger partial charge in [-0.2, -0.15) is 0 Å². The summed E-state index contributed by atoms with van der Waals surface area (Å²) in [4.78, 5) is 0. The Balaban J connectivity index is -0.0000000800. The average Bonchev–Trinajstić information content (AvgIpc) is 0.722. The molecule has 0 aromatic heterocycles. The summed E-state index contributed by atoms with van der Waals surface area (Å²) in [6.45, 7) is 0. The number of hydrogen-bond acceptors (Lipinski definition) is 1. The van der Waals surface area contributed by atoms with Crippen LogP contribution < -0.4 is 6.15 Å². The van der Waals surface area contributed by atoms with Gasteiger partial charge in [-0.3, -0.25) is 0 Å². The molecule has 0 heterocycles. The van der Waals surface area contributed by atoms with Crippen LogP contribution in [-0.4, -0.2) is 32.7 Å². The van der Waals surface area contributed by atoms with Gasteiger partial charge >= 0.3 is 0 Å². The molecule has 0 amide bonds. The summed E-state index contributed by atoms with van der Waals surface area (Å²) in [5, 5.41) is 0. The van der Waals surface area contributed by atoms with Crippen molar-refractivity contribution in [3.63, 3.8) is 0 Å². The van der Waals surface area contributed by atoms with Crippen molar-refractivity contribution in [2.24, 2.45) is 0 Å². The fourth-order valence-corrected chi connectivity index (χ4v) is 0. The van der Waals surface area contributed by atoms with Gasteiger partial charge in [-0.05, 0) is 0 Å². The summed E-state index contributed by atoms with van der Waals surface area (Å²) in [6.07, 6.45) is 0. The Morgan fingerprint density at radius 3 is 0.857 bits per heavy atom. The number of nitrogens with zero attached hydrogens (tertiary/aromatic N) is 1.